The minimum Gasteiger partial charge on any atom is -0.493 e. The normalized spacial score (nSPS) is 16.8. The third-order valence-electron chi connectivity index (χ3n) is 6.55. The van der Waals surface area contributed by atoms with Crippen LogP contribution in [0.5, 0.6) is 11.5 Å². The molecule has 1 amide bonds. The molecule has 4 rings (SSSR count). The van der Waals surface area contributed by atoms with Crippen LogP contribution in [-0.4, -0.2) is 60.7 Å². The van der Waals surface area contributed by atoms with Crippen molar-refractivity contribution >= 4 is 28.6 Å². The van der Waals surface area contributed by atoms with Crippen molar-refractivity contribution in [2.24, 2.45) is 5.73 Å². The number of nitrogens with two attached hydrogens (primary N) is 2. The summed E-state index contributed by atoms with van der Waals surface area (Å²) < 4.78 is 38.8. The SMILES string of the molecule is CC[C@H]1CN(C(=O)C[C@@H](N)c2ccc(F)cc2)CCN1c1nc(N)c2cc(OC)c(OC)c(F)c2n1. The summed E-state index contributed by atoms with van der Waals surface area (Å²) in [6.07, 6.45) is 0.803. The third kappa shape index (κ3) is 4.83. The van der Waals surface area contributed by atoms with Gasteiger partial charge in [0.1, 0.15) is 17.2 Å². The lowest BCUT2D eigenvalue weighted by Crippen LogP contribution is -2.55. The van der Waals surface area contributed by atoms with Crippen LogP contribution in [0.1, 0.15) is 31.4 Å². The van der Waals surface area contributed by atoms with Crippen molar-refractivity contribution in [3.05, 3.63) is 47.5 Å². The number of nitrogens with zero attached hydrogens (tertiary/aromatic N) is 4. The standard InChI is InChI=1S/C25H30F2N6O3/c1-4-16-13-32(20(34)12-18(28)14-5-7-15(26)8-6-14)9-10-33(16)25-30-22-17(24(29)31-25)11-19(35-2)23(36-3)21(22)27/h5-8,11,16,18H,4,9-10,12-13,28H2,1-3H3,(H2,29,30,31)/t16-,18+/m0/s1. The average molecular weight is 501 g/mol. The van der Waals surface area contributed by atoms with E-state index in [9.17, 15) is 9.18 Å². The van der Waals surface area contributed by atoms with Gasteiger partial charge in [0.25, 0.3) is 0 Å². The Morgan fingerprint density at radius 3 is 2.53 bits per heavy atom. The third-order valence-corrected chi connectivity index (χ3v) is 6.55. The molecular weight excluding hydrogens is 470 g/mol. The number of methoxy groups -OCH3 is 2. The van der Waals surface area contributed by atoms with Crippen LogP contribution >= 0.6 is 0 Å². The number of ether oxygens (including phenoxy) is 2. The predicted octanol–water partition coefficient (Wildman–Crippen LogP) is 3.02. The molecule has 0 bridgehead atoms. The number of amides is 1. The molecule has 1 aliphatic heterocycles. The highest BCUT2D eigenvalue weighted by atomic mass is 19.1. The molecular formula is C25H30F2N6O3. The van der Waals surface area contributed by atoms with Gasteiger partial charge in [0.15, 0.2) is 17.3 Å². The van der Waals surface area contributed by atoms with Gasteiger partial charge in [-0.05, 0) is 30.2 Å². The maximum Gasteiger partial charge on any atom is 0.228 e. The van der Waals surface area contributed by atoms with E-state index in [0.29, 0.717) is 37.0 Å². The first-order chi connectivity index (χ1) is 17.3. The van der Waals surface area contributed by atoms with Gasteiger partial charge in [-0.1, -0.05) is 19.1 Å². The van der Waals surface area contributed by atoms with E-state index in [1.807, 2.05) is 11.8 Å². The topological polar surface area (TPSA) is 120 Å². The molecule has 192 valence electrons. The van der Waals surface area contributed by atoms with Gasteiger partial charge in [0, 0.05) is 43.5 Å². The van der Waals surface area contributed by atoms with E-state index in [1.165, 1.54) is 26.4 Å². The maximum absolute atomic E-state index is 15.2. The monoisotopic (exact) mass is 500 g/mol. The lowest BCUT2D eigenvalue weighted by Gasteiger charge is -2.41. The molecule has 36 heavy (non-hydrogen) atoms. The number of aromatic nitrogens is 2. The van der Waals surface area contributed by atoms with E-state index < -0.39 is 11.9 Å². The lowest BCUT2D eigenvalue weighted by molar-refractivity contribution is -0.132. The minimum atomic E-state index is -0.682. The summed E-state index contributed by atoms with van der Waals surface area (Å²) in [6, 6.07) is 6.75. The number of piperazine rings is 1. The second-order valence-corrected chi connectivity index (χ2v) is 8.69. The Bertz CT molecular complexity index is 1260. The van der Waals surface area contributed by atoms with Crippen LogP contribution < -0.4 is 25.8 Å². The second kappa shape index (κ2) is 10.5. The molecule has 0 unspecified atom stereocenters. The Labute approximate surface area is 208 Å². The van der Waals surface area contributed by atoms with Gasteiger partial charge >= 0.3 is 0 Å². The molecule has 0 spiro atoms. The zero-order valence-corrected chi connectivity index (χ0v) is 20.5. The Morgan fingerprint density at radius 1 is 1.17 bits per heavy atom. The number of rotatable bonds is 7. The molecule has 1 fully saturated rings. The summed E-state index contributed by atoms with van der Waals surface area (Å²) in [7, 11) is 2.76. The molecule has 3 aromatic rings. The number of nitrogen functional groups attached to an aromatic ring is 1. The van der Waals surface area contributed by atoms with Gasteiger partial charge in [0.2, 0.25) is 11.9 Å². The quantitative estimate of drug-likeness (QED) is 0.508. The van der Waals surface area contributed by atoms with E-state index in [-0.39, 0.29) is 53.0 Å². The van der Waals surface area contributed by atoms with Crippen LogP contribution in [-0.2, 0) is 4.79 Å². The van der Waals surface area contributed by atoms with E-state index in [4.69, 9.17) is 20.9 Å². The number of benzene rings is 2. The first kappa shape index (κ1) is 25.4. The lowest BCUT2D eigenvalue weighted by atomic mass is 10.0. The summed E-state index contributed by atoms with van der Waals surface area (Å²) in [5, 5.41) is 0.325. The molecule has 4 N–H and O–H groups in total. The average Bonchev–Trinajstić information content (AvgIpc) is 2.88. The van der Waals surface area contributed by atoms with Crippen molar-refractivity contribution in [1.82, 2.24) is 14.9 Å². The smallest absolute Gasteiger partial charge is 0.228 e. The van der Waals surface area contributed by atoms with Crippen LogP contribution in [0.15, 0.2) is 30.3 Å². The van der Waals surface area contributed by atoms with Gasteiger partial charge in [0.05, 0.1) is 14.2 Å². The molecule has 2 aromatic carbocycles. The van der Waals surface area contributed by atoms with Gasteiger partial charge < -0.3 is 30.7 Å². The molecule has 9 nitrogen and oxygen atoms in total. The summed E-state index contributed by atoms with van der Waals surface area (Å²) in [5.74, 6) is -0.586. The Morgan fingerprint density at radius 2 is 1.89 bits per heavy atom. The fraction of sp³-hybridized carbons (Fsp3) is 0.400. The molecule has 1 aromatic heterocycles. The predicted molar refractivity (Wildman–Crippen MR) is 133 cm³/mol. The van der Waals surface area contributed by atoms with Crippen LogP contribution in [0.25, 0.3) is 10.9 Å². The number of hydrogen-bond acceptors (Lipinski definition) is 8. The molecule has 0 saturated carbocycles. The van der Waals surface area contributed by atoms with Crippen molar-refractivity contribution < 1.29 is 23.0 Å². The highest BCUT2D eigenvalue weighted by Gasteiger charge is 2.32. The van der Waals surface area contributed by atoms with E-state index in [1.54, 1.807) is 23.1 Å². The molecule has 1 saturated heterocycles. The van der Waals surface area contributed by atoms with Crippen molar-refractivity contribution in [2.75, 3.05) is 44.5 Å². The van der Waals surface area contributed by atoms with Gasteiger partial charge in [-0.3, -0.25) is 4.79 Å². The van der Waals surface area contributed by atoms with Crippen molar-refractivity contribution in [3.8, 4) is 11.5 Å². The molecule has 0 radical (unpaired) electrons. The Balaban J connectivity index is 1.54. The number of fused-ring (bicyclic) bond motifs is 1. The van der Waals surface area contributed by atoms with Crippen molar-refractivity contribution in [1.29, 1.82) is 0 Å². The van der Waals surface area contributed by atoms with Crippen LogP contribution in [0.4, 0.5) is 20.5 Å². The van der Waals surface area contributed by atoms with Gasteiger partial charge in [-0.25, -0.2) is 13.8 Å². The summed E-state index contributed by atoms with van der Waals surface area (Å²) in [6.45, 7) is 3.28. The molecule has 0 aliphatic carbocycles. The summed E-state index contributed by atoms with van der Waals surface area (Å²) in [4.78, 5) is 25.6. The summed E-state index contributed by atoms with van der Waals surface area (Å²) in [5.41, 5.74) is 13.1. The number of carbonyl (C=O) groups is 1. The van der Waals surface area contributed by atoms with Gasteiger partial charge in [-0.15, -0.1) is 0 Å². The van der Waals surface area contributed by atoms with Crippen LogP contribution in [0, 0.1) is 11.6 Å². The molecule has 2 heterocycles. The number of hydrogen-bond donors (Lipinski definition) is 2. The first-order valence-electron chi connectivity index (χ1n) is 11.7. The van der Waals surface area contributed by atoms with E-state index in [2.05, 4.69) is 9.97 Å². The Hall–Kier alpha value is -3.73. The molecule has 11 heteroatoms. The highest BCUT2D eigenvalue weighted by Crippen LogP contribution is 2.38. The fourth-order valence-corrected chi connectivity index (χ4v) is 4.51. The first-order valence-corrected chi connectivity index (χ1v) is 11.7. The molecule has 1 aliphatic rings. The number of anilines is 2. The van der Waals surface area contributed by atoms with Gasteiger partial charge in [-0.2, -0.15) is 4.98 Å². The molecule has 2 atom stereocenters. The van der Waals surface area contributed by atoms with Crippen LogP contribution in [0.3, 0.4) is 0 Å². The van der Waals surface area contributed by atoms with Crippen molar-refractivity contribution in [3.63, 3.8) is 0 Å². The van der Waals surface area contributed by atoms with Crippen molar-refractivity contribution in [2.45, 2.75) is 31.8 Å². The number of halogens is 2. The highest BCUT2D eigenvalue weighted by molar-refractivity contribution is 5.92. The second-order valence-electron chi connectivity index (χ2n) is 8.69. The largest absolute Gasteiger partial charge is 0.493 e. The van der Waals surface area contributed by atoms with Crippen LogP contribution in [0.2, 0.25) is 0 Å². The number of carbonyl (C=O) groups excluding carboxylic acids is 1. The Kier molecular flexibility index (Phi) is 7.39. The fourth-order valence-electron chi connectivity index (χ4n) is 4.51. The van der Waals surface area contributed by atoms with E-state index in [0.717, 1.165) is 0 Å². The zero-order chi connectivity index (χ0) is 26.0. The zero-order valence-electron chi connectivity index (χ0n) is 20.5. The summed E-state index contributed by atoms with van der Waals surface area (Å²) >= 11 is 0. The maximum atomic E-state index is 15.2. The van der Waals surface area contributed by atoms with E-state index >= 15 is 4.39 Å². The minimum absolute atomic E-state index is 0.0359.